The second-order valence-corrected chi connectivity index (χ2v) is 8.66. The molecule has 1 N–H and O–H groups in total. The molecule has 0 aliphatic heterocycles. The van der Waals surface area contributed by atoms with Gasteiger partial charge in [-0.05, 0) is 38.0 Å². The van der Waals surface area contributed by atoms with Gasteiger partial charge in [0, 0.05) is 12.1 Å². The molecule has 0 spiro atoms. The van der Waals surface area contributed by atoms with Gasteiger partial charge in [-0.15, -0.1) is 5.10 Å². The monoisotopic (exact) mass is 433 g/mol. The Morgan fingerprint density at radius 2 is 2.04 bits per heavy atom. The number of thioether (sulfide) groups is 1. The number of halogens is 2. The Balaban J connectivity index is 1.50. The molecule has 1 saturated carbocycles. The highest BCUT2D eigenvalue weighted by atomic mass is 35.5. The van der Waals surface area contributed by atoms with Crippen LogP contribution < -0.4 is 5.32 Å². The molecule has 1 atom stereocenters. The van der Waals surface area contributed by atoms with E-state index >= 15 is 0 Å². The molecule has 2 heterocycles. The molecule has 144 valence electrons. The molecule has 9 heteroatoms. The summed E-state index contributed by atoms with van der Waals surface area (Å²) < 4.78 is 1.88. The number of amides is 1. The van der Waals surface area contributed by atoms with Crippen LogP contribution in [0.3, 0.4) is 0 Å². The first-order valence-electron chi connectivity index (χ1n) is 8.82. The number of carbonyl (C=O) groups is 1. The molecule has 28 heavy (non-hydrogen) atoms. The Kier molecular flexibility index (Phi) is 5.57. The minimum atomic E-state index is -0.424. The fourth-order valence-corrected chi connectivity index (χ4v) is 3.84. The van der Waals surface area contributed by atoms with E-state index in [4.69, 9.17) is 23.2 Å². The minimum Gasteiger partial charge on any atom is -0.308 e. The molecule has 0 radical (unpaired) electrons. The minimum absolute atomic E-state index is 0.231. The summed E-state index contributed by atoms with van der Waals surface area (Å²) in [6, 6.07) is 11.4. The van der Waals surface area contributed by atoms with Crippen LogP contribution in [0.4, 0.5) is 5.82 Å². The van der Waals surface area contributed by atoms with Gasteiger partial charge in [0.05, 0.1) is 21.0 Å². The number of para-hydroxylation sites is 1. The van der Waals surface area contributed by atoms with Crippen LogP contribution in [0.25, 0.3) is 5.69 Å². The predicted molar refractivity (Wildman–Crippen MR) is 112 cm³/mol. The fraction of sp³-hybridized carbons (Fsp3) is 0.263. The molecule has 1 aliphatic rings. The van der Waals surface area contributed by atoms with Crippen molar-refractivity contribution in [3.63, 3.8) is 0 Å². The summed E-state index contributed by atoms with van der Waals surface area (Å²) in [4.78, 5) is 21.3. The number of rotatable bonds is 6. The summed E-state index contributed by atoms with van der Waals surface area (Å²) in [5.41, 5.74) is 0.970. The molecular formula is C19H17Cl2N5OS. The average molecular weight is 434 g/mol. The van der Waals surface area contributed by atoms with E-state index in [9.17, 15) is 4.79 Å². The van der Waals surface area contributed by atoms with Gasteiger partial charge in [-0.3, -0.25) is 4.79 Å². The summed E-state index contributed by atoms with van der Waals surface area (Å²) in [6.07, 6.45) is 3.67. The van der Waals surface area contributed by atoms with Gasteiger partial charge in [0.1, 0.15) is 5.82 Å². The Hall–Kier alpha value is -2.09. The van der Waals surface area contributed by atoms with Crippen LogP contribution in [0.1, 0.15) is 31.5 Å². The smallest absolute Gasteiger partial charge is 0.238 e. The molecule has 0 bridgehead atoms. The van der Waals surface area contributed by atoms with Crippen LogP contribution >= 0.6 is 35.0 Å². The highest BCUT2D eigenvalue weighted by Crippen LogP contribution is 2.40. The van der Waals surface area contributed by atoms with Gasteiger partial charge in [0.15, 0.2) is 5.82 Å². The summed E-state index contributed by atoms with van der Waals surface area (Å²) in [6.45, 7) is 1.80. The van der Waals surface area contributed by atoms with Gasteiger partial charge < -0.3 is 5.32 Å². The molecular weight excluding hydrogens is 417 g/mol. The van der Waals surface area contributed by atoms with E-state index in [1.165, 1.54) is 24.0 Å². The number of carbonyl (C=O) groups excluding carboxylic acids is 1. The van der Waals surface area contributed by atoms with Crippen molar-refractivity contribution in [2.45, 2.75) is 36.1 Å². The zero-order chi connectivity index (χ0) is 19.7. The number of aromatic nitrogens is 4. The summed E-state index contributed by atoms with van der Waals surface area (Å²) >= 11 is 13.2. The topological polar surface area (TPSA) is 72.7 Å². The van der Waals surface area contributed by atoms with Gasteiger partial charge >= 0.3 is 0 Å². The number of benzene rings is 1. The van der Waals surface area contributed by atoms with Crippen molar-refractivity contribution in [1.29, 1.82) is 0 Å². The molecule has 2 aromatic heterocycles. The Morgan fingerprint density at radius 1 is 1.29 bits per heavy atom. The lowest BCUT2D eigenvalue weighted by Gasteiger charge is -2.10. The standard InChI is InChI=1S/C19H17Cl2N5OS/c1-11(18(27)23-16-15(21)9-13(20)10-22-16)28-19-24-17(12-7-8-12)26(25-19)14-5-3-2-4-6-14/h2-6,9-12H,7-8H2,1H3,(H,22,23,27). The molecule has 4 rings (SSSR count). The van der Waals surface area contributed by atoms with Crippen molar-refractivity contribution in [2.75, 3.05) is 5.32 Å². The van der Waals surface area contributed by atoms with Crippen molar-refractivity contribution in [3.8, 4) is 5.69 Å². The van der Waals surface area contributed by atoms with E-state index in [0.29, 0.717) is 21.1 Å². The van der Waals surface area contributed by atoms with E-state index in [1.54, 1.807) is 6.92 Å². The maximum absolute atomic E-state index is 12.5. The predicted octanol–water partition coefficient (Wildman–Crippen LogP) is 4.97. The second kappa shape index (κ2) is 8.11. The van der Waals surface area contributed by atoms with Crippen LogP contribution in [0.15, 0.2) is 47.8 Å². The SMILES string of the molecule is CC(Sc1nc(C2CC2)n(-c2ccccc2)n1)C(=O)Nc1ncc(Cl)cc1Cl. The number of nitrogens with zero attached hydrogens (tertiary/aromatic N) is 4. The number of nitrogens with one attached hydrogen (secondary N) is 1. The molecule has 1 aromatic carbocycles. The zero-order valence-corrected chi connectivity index (χ0v) is 17.3. The normalized spacial score (nSPS) is 14.7. The third kappa shape index (κ3) is 4.32. The molecule has 1 unspecified atom stereocenters. The largest absolute Gasteiger partial charge is 0.308 e. The van der Waals surface area contributed by atoms with Crippen LogP contribution in [-0.2, 0) is 4.79 Å². The third-order valence-electron chi connectivity index (χ3n) is 4.26. The first-order valence-corrected chi connectivity index (χ1v) is 10.5. The quantitative estimate of drug-likeness (QED) is 0.555. The van der Waals surface area contributed by atoms with Gasteiger partial charge in [0.2, 0.25) is 11.1 Å². The Morgan fingerprint density at radius 3 is 2.71 bits per heavy atom. The fourth-order valence-electron chi connectivity index (χ4n) is 2.66. The molecule has 3 aromatic rings. The molecule has 0 saturated heterocycles. The Bertz CT molecular complexity index is 1010. The van der Waals surface area contributed by atoms with Gasteiger partial charge in [0.25, 0.3) is 0 Å². The lowest BCUT2D eigenvalue weighted by atomic mass is 10.3. The maximum atomic E-state index is 12.5. The third-order valence-corrected chi connectivity index (χ3v) is 5.70. The van der Waals surface area contributed by atoms with E-state index in [2.05, 4.69) is 20.4 Å². The first kappa shape index (κ1) is 19.2. The van der Waals surface area contributed by atoms with E-state index in [1.807, 2.05) is 35.0 Å². The van der Waals surface area contributed by atoms with E-state index in [-0.39, 0.29) is 11.7 Å². The van der Waals surface area contributed by atoms with Crippen LogP contribution in [0, 0.1) is 0 Å². The number of hydrogen-bond donors (Lipinski definition) is 1. The number of hydrogen-bond acceptors (Lipinski definition) is 5. The zero-order valence-electron chi connectivity index (χ0n) is 15.0. The lowest BCUT2D eigenvalue weighted by Crippen LogP contribution is -2.23. The van der Waals surface area contributed by atoms with Crippen molar-refractivity contribution < 1.29 is 4.79 Å². The Labute approximate surface area is 176 Å². The molecule has 6 nitrogen and oxygen atoms in total. The maximum Gasteiger partial charge on any atom is 0.238 e. The van der Waals surface area contributed by atoms with Crippen LogP contribution in [-0.4, -0.2) is 30.9 Å². The van der Waals surface area contributed by atoms with Gasteiger partial charge in [-0.25, -0.2) is 14.6 Å². The van der Waals surface area contributed by atoms with Gasteiger partial charge in [-0.1, -0.05) is 53.2 Å². The van der Waals surface area contributed by atoms with Crippen molar-refractivity contribution in [2.24, 2.45) is 0 Å². The molecule has 1 amide bonds. The highest BCUT2D eigenvalue weighted by molar-refractivity contribution is 8.00. The van der Waals surface area contributed by atoms with Crippen molar-refractivity contribution in [3.05, 3.63) is 58.5 Å². The molecule has 1 aliphatic carbocycles. The van der Waals surface area contributed by atoms with Crippen LogP contribution in [0.5, 0.6) is 0 Å². The molecule has 1 fully saturated rings. The van der Waals surface area contributed by atoms with Gasteiger partial charge in [-0.2, -0.15) is 0 Å². The average Bonchev–Trinajstić information content (AvgIpc) is 3.45. The summed E-state index contributed by atoms with van der Waals surface area (Å²) in [7, 11) is 0. The summed E-state index contributed by atoms with van der Waals surface area (Å²) in [5.74, 6) is 1.43. The second-order valence-electron chi connectivity index (χ2n) is 6.51. The number of anilines is 1. The lowest BCUT2D eigenvalue weighted by molar-refractivity contribution is -0.115. The van der Waals surface area contributed by atoms with Crippen molar-refractivity contribution in [1.82, 2.24) is 19.7 Å². The highest BCUT2D eigenvalue weighted by Gasteiger charge is 2.31. The van der Waals surface area contributed by atoms with Crippen LogP contribution in [0.2, 0.25) is 10.0 Å². The van der Waals surface area contributed by atoms with E-state index in [0.717, 1.165) is 24.4 Å². The van der Waals surface area contributed by atoms with E-state index < -0.39 is 5.25 Å². The van der Waals surface area contributed by atoms with Crippen molar-refractivity contribution >= 4 is 46.7 Å². The first-order chi connectivity index (χ1) is 13.5. The number of pyridine rings is 1. The summed E-state index contributed by atoms with van der Waals surface area (Å²) in [5, 5.41) is 8.20.